The smallest absolute Gasteiger partial charge is 0.330 e. The number of carbonyl (C=O) groups excluding carboxylic acids is 1. The molecule has 0 atom stereocenters. The number of benzene rings is 1. The summed E-state index contributed by atoms with van der Waals surface area (Å²) >= 11 is 0. The highest BCUT2D eigenvalue weighted by Gasteiger charge is 1.96. The van der Waals surface area contributed by atoms with Crippen LogP contribution < -0.4 is 0 Å². The van der Waals surface area contributed by atoms with Gasteiger partial charge in [0.2, 0.25) is 0 Å². The van der Waals surface area contributed by atoms with E-state index in [-0.39, 0.29) is 12.6 Å². The molecule has 0 unspecified atom stereocenters. The van der Waals surface area contributed by atoms with E-state index >= 15 is 0 Å². The summed E-state index contributed by atoms with van der Waals surface area (Å²) in [5, 5.41) is 8.87. The van der Waals surface area contributed by atoms with Crippen molar-refractivity contribution in [3.05, 3.63) is 41.5 Å². The number of unbranched alkanes of at least 4 members (excludes halogenated alkanes) is 1. The first-order valence-corrected chi connectivity index (χ1v) is 5.81. The van der Waals surface area contributed by atoms with Gasteiger partial charge >= 0.3 is 5.97 Å². The Morgan fingerprint density at radius 2 is 2.06 bits per heavy atom. The first kappa shape index (κ1) is 13.5. The predicted molar refractivity (Wildman–Crippen MR) is 67.3 cm³/mol. The van der Waals surface area contributed by atoms with Crippen LogP contribution in [-0.4, -0.2) is 17.7 Å². The molecule has 1 aromatic carbocycles. The van der Waals surface area contributed by atoms with Crippen LogP contribution in [0.15, 0.2) is 30.3 Å². The third-order valence-corrected chi connectivity index (χ3v) is 2.32. The molecule has 0 saturated carbocycles. The van der Waals surface area contributed by atoms with Gasteiger partial charge in [-0.1, -0.05) is 37.6 Å². The third kappa shape index (κ3) is 5.31. The van der Waals surface area contributed by atoms with Crippen molar-refractivity contribution in [2.45, 2.75) is 26.4 Å². The van der Waals surface area contributed by atoms with Crippen molar-refractivity contribution in [2.24, 2.45) is 0 Å². The molecular formula is C14H18O3. The fraction of sp³-hybridized carbons (Fsp3) is 0.357. The topological polar surface area (TPSA) is 46.5 Å². The summed E-state index contributed by atoms with van der Waals surface area (Å²) in [6.45, 7) is 2.55. The molecule has 0 bridgehead atoms. The Labute approximate surface area is 102 Å². The van der Waals surface area contributed by atoms with Crippen molar-refractivity contribution in [1.29, 1.82) is 0 Å². The summed E-state index contributed by atoms with van der Waals surface area (Å²) < 4.78 is 4.98. The molecule has 0 heterocycles. The molecule has 17 heavy (non-hydrogen) atoms. The average molecular weight is 234 g/mol. The van der Waals surface area contributed by atoms with Crippen LogP contribution in [0.5, 0.6) is 0 Å². The number of aliphatic hydroxyl groups excluding tert-OH is 1. The Morgan fingerprint density at radius 1 is 1.35 bits per heavy atom. The first-order valence-electron chi connectivity index (χ1n) is 5.81. The quantitative estimate of drug-likeness (QED) is 0.467. The molecule has 92 valence electrons. The Kier molecular flexibility index (Phi) is 6.04. The number of hydrogen-bond acceptors (Lipinski definition) is 3. The normalized spacial score (nSPS) is 10.7. The molecule has 0 aliphatic heterocycles. The van der Waals surface area contributed by atoms with E-state index in [4.69, 9.17) is 9.84 Å². The van der Waals surface area contributed by atoms with Gasteiger partial charge in [-0.15, -0.1) is 0 Å². The molecule has 1 aromatic rings. The molecule has 3 nitrogen and oxygen atoms in total. The van der Waals surface area contributed by atoms with Crippen LogP contribution in [0.3, 0.4) is 0 Å². The van der Waals surface area contributed by atoms with E-state index in [2.05, 4.69) is 0 Å². The van der Waals surface area contributed by atoms with Crippen molar-refractivity contribution < 1.29 is 14.6 Å². The summed E-state index contributed by atoms with van der Waals surface area (Å²) in [4.78, 5) is 11.3. The van der Waals surface area contributed by atoms with Crippen LogP contribution in [0.1, 0.15) is 30.9 Å². The zero-order chi connectivity index (χ0) is 12.5. The van der Waals surface area contributed by atoms with Crippen LogP contribution in [0.4, 0.5) is 0 Å². The fourth-order valence-electron chi connectivity index (χ4n) is 1.26. The van der Waals surface area contributed by atoms with E-state index < -0.39 is 0 Å². The standard InChI is InChI=1S/C14H18O3/c1-2-3-10-17-14(16)9-8-12-4-6-13(11-15)7-5-12/h4-9,15H,2-3,10-11H2,1H3. The maximum Gasteiger partial charge on any atom is 0.330 e. The molecule has 3 heteroatoms. The molecule has 0 aromatic heterocycles. The molecule has 0 aliphatic rings. The molecule has 1 rings (SSSR count). The van der Waals surface area contributed by atoms with Crippen molar-refractivity contribution in [2.75, 3.05) is 6.61 Å². The molecule has 0 aliphatic carbocycles. The van der Waals surface area contributed by atoms with Gasteiger partial charge < -0.3 is 9.84 Å². The van der Waals surface area contributed by atoms with Gasteiger partial charge in [-0.3, -0.25) is 0 Å². The monoisotopic (exact) mass is 234 g/mol. The molecule has 0 amide bonds. The first-order chi connectivity index (χ1) is 8.26. The van der Waals surface area contributed by atoms with E-state index in [1.165, 1.54) is 6.08 Å². The second kappa shape index (κ2) is 7.63. The summed E-state index contributed by atoms with van der Waals surface area (Å²) in [6.07, 6.45) is 5.03. The lowest BCUT2D eigenvalue weighted by atomic mass is 10.1. The highest BCUT2D eigenvalue weighted by Crippen LogP contribution is 2.06. The summed E-state index contributed by atoms with van der Waals surface area (Å²) in [5.41, 5.74) is 1.77. The molecule has 1 N–H and O–H groups in total. The number of aliphatic hydroxyl groups is 1. The number of hydrogen-bond donors (Lipinski definition) is 1. The van der Waals surface area contributed by atoms with E-state index in [1.807, 2.05) is 31.2 Å². The van der Waals surface area contributed by atoms with E-state index in [9.17, 15) is 4.79 Å². The molecule has 0 spiro atoms. The van der Waals surface area contributed by atoms with Gasteiger partial charge in [0.25, 0.3) is 0 Å². The van der Waals surface area contributed by atoms with E-state index in [0.717, 1.165) is 24.0 Å². The molecular weight excluding hydrogens is 216 g/mol. The van der Waals surface area contributed by atoms with Gasteiger partial charge in [0.05, 0.1) is 13.2 Å². The zero-order valence-electron chi connectivity index (χ0n) is 10.1. The number of carbonyl (C=O) groups is 1. The van der Waals surface area contributed by atoms with Gasteiger partial charge in [-0.25, -0.2) is 4.79 Å². The Balaban J connectivity index is 2.43. The maximum absolute atomic E-state index is 11.3. The Hall–Kier alpha value is -1.61. The number of rotatable bonds is 6. The van der Waals surface area contributed by atoms with Crippen LogP contribution in [0.2, 0.25) is 0 Å². The highest BCUT2D eigenvalue weighted by atomic mass is 16.5. The summed E-state index contributed by atoms with van der Waals surface area (Å²) in [5.74, 6) is -0.315. The minimum Gasteiger partial charge on any atom is -0.463 e. The minimum atomic E-state index is -0.315. The van der Waals surface area contributed by atoms with E-state index in [0.29, 0.717) is 6.61 Å². The van der Waals surface area contributed by atoms with Crippen LogP contribution in [-0.2, 0) is 16.1 Å². The van der Waals surface area contributed by atoms with E-state index in [1.54, 1.807) is 6.08 Å². The largest absolute Gasteiger partial charge is 0.463 e. The van der Waals surface area contributed by atoms with Crippen LogP contribution in [0, 0.1) is 0 Å². The highest BCUT2D eigenvalue weighted by molar-refractivity contribution is 5.87. The summed E-state index contributed by atoms with van der Waals surface area (Å²) in [7, 11) is 0. The molecule has 0 radical (unpaired) electrons. The van der Waals surface area contributed by atoms with Crippen molar-refractivity contribution in [3.8, 4) is 0 Å². The second-order valence-electron chi connectivity index (χ2n) is 3.75. The second-order valence-corrected chi connectivity index (χ2v) is 3.75. The molecule has 0 fully saturated rings. The Morgan fingerprint density at radius 3 is 2.65 bits per heavy atom. The lowest BCUT2D eigenvalue weighted by Gasteiger charge is -1.99. The summed E-state index contributed by atoms with van der Waals surface area (Å²) in [6, 6.07) is 7.34. The lowest BCUT2D eigenvalue weighted by Crippen LogP contribution is -2.01. The zero-order valence-corrected chi connectivity index (χ0v) is 10.1. The fourth-order valence-corrected chi connectivity index (χ4v) is 1.26. The SMILES string of the molecule is CCCCOC(=O)C=Cc1ccc(CO)cc1. The predicted octanol–water partition coefficient (Wildman–Crippen LogP) is 2.54. The number of ether oxygens (including phenoxy) is 1. The van der Waals surface area contributed by atoms with Crippen molar-refractivity contribution in [3.63, 3.8) is 0 Å². The van der Waals surface area contributed by atoms with Crippen LogP contribution in [0.25, 0.3) is 6.08 Å². The minimum absolute atomic E-state index is 0.0308. The average Bonchev–Trinajstić information content (AvgIpc) is 2.37. The molecule has 0 saturated heterocycles. The Bertz CT molecular complexity index is 366. The van der Waals surface area contributed by atoms with Crippen LogP contribution >= 0.6 is 0 Å². The lowest BCUT2D eigenvalue weighted by molar-refractivity contribution is -0.137. The third-order valence-electron chi connectivity index (χ3n) is 2.32. The van der Waals surface area contributed by atoms with Gasteiger partial charge in [-0.2, -0.15) is 0 Å². The van der Waals surface area contributed by atoms with Gasteiger partial charge in [0.15, 0.2) is 0 Å². The maximum atomic E-state index is 11.3. The van der Waals surface area contributed by atoms with Gasteiger partial charge in [-0.05, 0) is 23.6 Å². The van der Waals surface area contributed by atoms with Gasteiger partial charge in [0, 0.05) is 6.08 Å². The van der Waals surface area contributed by atoms with Gasteiger partial charge in [0.1, 0.15) is 0 Å². The number of esters is 1. The van der Waals surface area contributed by atoms with Crippen molar-refractivity contribution >= 4 is 12.0 Å². The van der Waals surface area contributed by atoms with Crippen molar-refractivity contribution in [1.82, 2.24) is 0 Å².